The number of imidazole rings is 1. The molecule has 0 amide bonds. The van der Waals surface area contributed by atoms with E-state index in [1.54, 1.807) is 22.6 Å². The molecular formula is C11H15ClN4OS. The van der Waals surface area contributed by atoms with Gasteiger partial charge >= 0.3 is 0 Å². The Morgan fingerprint density at radius 1 is 1.44 bits per heavy atom. The molecule has 0 atom stereocenters. The van der Waals surface area contributed by atoms with Crippen molar-refractivity contribution in [3.63, 3.8) is 0 Å². The van der Waals surface area contributed by atoms with Gasteiger partial charge in [0.2, 0.25) is 0 Å². The summed E-state index contributed by atoms with van der Waals surface area (Å²) in [6.07, 6.45) is 1.68. The summed E-state index contributed by atoms with van der Waals surface area (Å²) in [5, 5.41) is 14.9. The third kappa shape index (κ3) is 2.41. The Morgan fingerprint density at radius 3 is 2.67 bits per heavy atom. The topological polar surface area (TPSA) is 55.9 Å². The first-order valence-electron chi connectivity index (χ1n) is 5.46. The highest BCUT2D eigenvalue weighted by atomic mass is 35.5. The highest BCUT2D eigenvalue weighted by molar-refractivity contribution is 7.98. The summed E-state index contributed by atoms with van der Waals surface area (Å²) in [6, 6.07) is 0. The number of hydrogen-bond acceptors (Lipinski definition) is 4. The van der Waals surface area contributed by atoms with Gasteiger partial charge in [-0.25, -0.2) is 4.98 Å². The van der Waals surface area contributed by atoms with E-state index in [2.05, 4.69) is 10.1 Å². The molecule has 0 fully saturated rings. The van der Waals surface area contributed by atoms with Gasteiger partial charge in [-0.2, -0.15) is 5.10 Å². The smallest absolute Gasteiger partial charge is 0.168 e. The van der Waals surface area contributed by atoms with Crippen LogP contribution in [0.3, 0.4) is 0 Å². The molecule has 0 aromatic carbocycles. The first-order valence-corrected chi connectivity index (χ1v) is 6.83. The van der Waals surface area contributed by atoms with E-state index >= 15 is 0 Å². The molecule has 0 aliphatic heterocycles. The fraction of sp³-hybridized carbons (Fsp3) is 0.455. The molecule has 98 valence electrons. The number of halogens is 1. The van der Waals surface area contributed by atoms with Gasteiger partial charge in [0.1, 0.15) is 0 Å². The molecule has 0 bridgehead atoms. The lowest BCUT2D eigenvalue weighted by Crippen LogP contribution is -2.00. The van der Waals surface area contributed by atoms with Gasteiger partial charge in [-0.3, -0.25) is 4.68 Å². The van der Waals surface area contributed by atoms with Gasteiger partial charge in [-0.15, -0.1) is 0 Å². The van der Waals surface area contributed by atoms with Crippen molar-refractivity contribution >= 4 is 23.4 Å². The second-order valence-corrected chi connectivity index (χ2v) is 5.33. The van der Waals surface area contributed by atoms with Gasteiger partial charge in [0.05, 0.1) is 34.9 Å². The van der Waals surface area contributed by atoms with Crippen LogP contribution in [-0.2, 0) is 26.5 Å². The van der Waals surface area contributed by atoms with Gasteiger partial charge in [0.25, 0.3) is 0 Å². The van der Waals surface area contributed by atoms with Crippen molar-refractivity contribution in [3.05, 3.63) is 28.3 Å². The van der Waals surface area contributed by atoms with Crippen LogP contribution in [0.2, 0.25) is 5.02 Å². The van der Waals surface area contributed by atoms with Gasteiger partial charge < -0.3 is 9.67 Å². The van der Waals surface area contributed by atoms with Crippen LogP contribution < -0.4 is 0 Å². The van der Waals surface area contributed by atoms with Crippen molar-refractivity contribution < 1.29 is 5.11 Å². The van der Waals surface area contributed by atoms with Gasteiger partial charge in [-0.05, 0) is 6.92 Å². The Balaban J connectivity index is 2.14. The van der Waals surface area contributed by atoms with Crippen molar-refractivity contribution in [2.45, 2.75) is 24.4 Å². The zero-order chi connectivity index (χ0) is 13.3. The lowest BCUT2D eigenvalue weighted by molar-refractivity contribution is 0.271. The number of hydrogen-bond donors (Lipinski definition) is 1. The molecule has 7 heteroatoms. The van der Waals surface area contributed by atoms with Crippen molar-refractivity contribution in [1.82, 2.24) is 19.3 Å². The maximum atomic E-state index is 9.10. The monoisotopic (exact) mass is 286 g/mol. The van der Waals surface area contributed by atoms with Crippen LogP contribution in [0, 0.1) is 6.92 Å². The number of nitrogens with zero attached hydrogens (tertiary/aromatic N) is 4. The van der Waals surface area contributed by atoms with Crippen molar-refractivity contribution in [2.75, 3.05) is 0 Å². The van der Waals surface area contributed by atoms with Crippen LogP contribution in [0.25, 0.3) is 0 Å². The third-order valence-electron chi connectivity index (χ3n) is 2.80. The predicted octanol–water partition coefficient (Wildman–Crippen LogP) is 1.90. The summed E-state index contributed by atoms with van der Waals surface area (Å²) in [5.74, 6) is 0.700. The van der Waals surface area contributed by atoms with Crippen LogP contribution in [-0.4, -0.2) is 24.4 Å². The molecule has 2 rings (SSSR count). The first kappa shape index (κ1) is 13.5. The van der Waals surface area contributed by atoms with E-state index in [4.69, 9.17) is 16.7 Å². The minimum absolute atomic E-state index is 0.00433. The molecule has 1 N–H and O–H groups in total. The Morgan fingerprint density at radius 2 is 2.17 bits per heavy atom. The van der Waals surface area contributed by atoms with Crippen LogP contribution >= 0.6 is 23.4 Å². The molecule has 0 spiro atoms. The maximum Gasteiger partial charge on any atom is 0.168 e. The second kappa shape index (κ2) is 5.34. The summed E-state index contributed by atoms with van der Waals surface area (Å²) >= 11 is 7.76. The molecule has 5 nitrogen and oxygen atoms in total. The first-order chi connectivity index (χ1) is 8.54. The second-order valence-electron chi connectivity index (χ2n) is 4.01. The van der Waals surface area contributed by atoms with E-state index in [0.29, 0.717) is 10.8 Å². The Labute approximate surface area is 115 Å². The number of aliphatic hydroxyl groups is 1. The number of rotatable bonds is 4. The number of thioether (sulfide) groups is 1. The Kier molecular flexibility index (Phi) is 3.99. The quantitative estimate of drug-likeness (QED) is 0.872. The summed E-state index contributed by atoms with van der Waals surface area (Å²) in [4.78, 5) is 4.26. The molecular weight excluding hydrogens is 272 g/mol. The van der Waals surface area contributed by atoms with E-state index in [-0.39, 0.29) is 6.61 Å². The molecule has 2 aromatic rings. The zero-order valence-electron chi connectivity index (χ0n) is 10.5. The van der Waals surface area contributed by atoms with Crippen molar-refractivity contribution in [2.24, 2.45) is 14.1 Å². The molecule has 0 aliphatic carbocycles. The van der Waals surface area contributed by atoms with E-state index in [1.165, 1.54) is 0 Å². The fourth-order valence-corrected chi connectivity index (χ4v) is 3.02. The minimum atomic E-state index is -0.00433. The molecule has 0 saturated carbocycles. The summed E-state index contributed by atoms with van der Waals surface area (Å²) < 4.78 is 3.67. The lowest BCUT2D eigenvalue weighted by Gasteiger charge is -2.04. The van der Waals surface area contributed by atoms with E-state index in [1.807, 2.05) is 25.6 Å². The highest BCUT2D eigenvalue weighted by Gasteiger charge is 2.13. The van der Waals surface area contributed by atoms with Crippen LogP contribution in [0.15, 0.2) is 11.4 Å². The van der Waals surface area contributed by atoms with Gasteiger partial charge in [0, 0.05) is 19.8 Å². The summed E-state index contributed by atoms with van der Waals surface area (Å²) in [7, 11) is 3.77. The van der Waals surface area contributed by atoms with Gasteiger partial charge in [0.15, 0.2) is 5.16 Å². The molecule has 0 radical (unpaired) electrons. The number of aryl methyl sites for hydroxylation is 2. The zero-order valence-corrected chi connectivity index (χ0v) is 12.1. The maximum absolute atomic E-state index is 9.10. The predicted molar refractivity (Wildman–Crippen MR) is 71.6 cm³/mol. The molecule has 18 heavy (non-hydrogen) atoms. The summed E-state index contributed by atoms with van der Waals surface area (Å²) in [6.45, 7) is 1.89. The summed E-state index contributed by atoms with van der Waals surface area (Å²) in [5.41, 5.74) is 2.61. The molecule has 0 saturated heterocycles. The van der Waals surface area contributed by atoms with E-state index < -0.39 is 0 Å². The van der Waals surface area contributed by atoms with Crippen LogP contribution in [0.1, 0.15) is 17.1 Å². The lowest BCUT2D eigenvalue weighted by atomic mass is 10.4. The number of aromatic nitrogens is 4. The van der Waals surface area contributed by atoms with Gasteiger partial charge in [-0.1, -0.05) is 23.4 Å². The molecule has 0 aliphatic rings. The largest absolute Gasteiger partial charge is 0.390 e. The normalized spacial score (nSPS) is 11.2. The molecule has 2 heterocycles. The minimum Gasteiger partial charge on any atom is -0.390 e. The standard InChI is InChI=1S/C11H15ClN4OS/c1-7-10(12)9(16(3)14-7)6-18-11-13-4-8(5-17)15(11)2/h4,17H,5-6H2,1-3H3. The Hall–Kier alpha value is -0.980. The molecule has 0 unspecified atom stereocenters. The van der Waals surface area contributed by atoms with Crippen LogP contribution in [0.5, 0.6) is 0 Å². The van der Waals surface area contributed by atoms with E-state index in [9.17, 15) is 0 Å². The fourth-order valence-electron chi connectivity index (χ4n) is 1.68. The Bertz CT molecular complexity index is 564. The third-order valence-corrected chi connectivity index (χ3v) is 4.35. The van der Waals surface area contributed by atoms with Crippen molar-refractivity contribution in [1.29, 1.82) is 0 Å². The number of aliphatic hydroxyl groups excluding tert-OH is 1. The van der Waals surface area contributed by atoms with Crippen molar-refractivity contribution in [3.8, 4) is 0 Å². The van der Waals surface area contributed by atoms with Crippen LogP contribution in [0.4, 0.5) is 0 Å². The SMILES string of the molecule is Cc1nn(C)c(CSc2ncc(CO)n2C)c1Cl. The average Bonchev–Trinajstić information content (AvgIpc) is 2.80. The average molecular weight is 287 g/mol. The highest BCUT2D eigenvalue weighted by Crippen LogP contribution is 2.27. The van der Waals surface area contributed by atoms with E-state index in [0.717, 1.165) is 22.2 Å². The molecule has 2 aromatic heterocycles.